The fourth-order valence-electron chi connectivity index (χ4n) is 9.83. The Morgan fingerprint density at radius 1 is 0.607 bits per heavy atom. The third-order valence-corrected chi connectivity index (χ3v) is 13.1. The number of aryl methyl sites for hydroxylation is 1. The number of ether oxygens (including phenoxy) is 1. The summed E-state index contributed by atoms with van der Waals surface area (Å²) in [5.41, 5.74) is 18.6. The van der Waals surface area contributed by atoms with Gasteiger partial charge in [-0.05, 0) is 125 Å². The van der Waals surface area contributed by atoms with Crippen molar-refractivity contribution in [2.24, 2.45) is 0 Å². The molecule has 2 aromatic heterocycles. The highest BCUT2D eigenvalue weighted by Crippen LogP contribution is 2.42. The summed E-state index contributed by atoms with van der Waals surface area (Å²) in [6, 6.07) is 60.0. The van der Waals surface area contributed by atoms with Gasteiger partial charge in [0.05, 0.1) is 18.3 Å². The van der Waals surface area contributed by atoms with Crippen molar-refractivity contribution in [1.82, 2.24) is 4.57 Å². The molecule has 1 atom stereocenters. The molecule has 7 aromatic carbocycles. The Balaban J connectivity index is 0.894. The number of hydrogen-bond donors (Lipinski definition) is 0. The van der Waals surface area contributed by atoms with Gasteiger partial charge in [-0.3, -0.25) is 0 Å². The predicted octanol–water partition coefficient (Wildman–Crippen LogP) is 15.2. The first kappa shape index (κ1) is 36.9. The Hall–Kier alpha value is -7.10. The van der Waals surface area contributed by atoms with Crippen LogP contribution in [0.4, 0.5) is 0 Å². The first-order valence-corrected chi connectivity index (χ1v) is 21.7. The van der Waals surface area contributed by atoms with Gasteiger partial charge in [-0.1, -0.05) is 152 Å². The third kappa shape index (κ3) is 6.90. The van der Waals surface area contributed by atoms with E-state index in [1.807, 2.05) is 6.07 Å². The second kappa shape index (κ2) is 15.8. The number of aromatic nitrogens is 1. The molecule has 11 rings (SSSR count). The molecule has 0 amide bonds. The molecule has 0 fully saturated rings. The van der Waals surface area contributed by atoms with E-state index in [-0.39, 0.29) is 5.92 Å². The maximum atomic E-state index is 6.56. The van der Waals surface area contributed by atoms with E-state index in [4.69, 9.17) is 9.15 Å². The molecule has 61 heavy (non-hydrogen) atoms. The number of benzene rings is 7. The molecular formula is C58H47NO2. The Morgan fingerprint density at radius 2 is 1.31 bits per heavy atom. The van der Waals surface area contributed by atoms with Crippen molar-refractivity contribution in [3.05, 3.63) is 221 Å². The van der Waals surface area contributed by atoms with Crippen molar-refractivity contribution in [1.29, 1.82) is 0 Å². The lowest BCUT2D eigenvalue weighted by molar-refractivity contribution is 0.415. The summed E-state index contributed by atoms with van der Waals surface area (Å²) >= 11 is 0. The molecular weight excluding hydrogens is 743 g/mol. The van der Waals surface area contributed by atoms with E-state index in [9.17, 15) is 0 Å². The van der Waals surface area contributed by atoms with E-state index in [2.05, 4.69) is 187 Å². The molecule has 0 saturated carbocycles. The van der Waals surface area contributed by atoms with Gasteiger partial charge in [-0.2, -0.15) is 0 Å². The molecule has 2 heterocycles. The van der Waals surface area contributed by atoms with Gasteiger partial charge in [-0.15, -0.1) is 0 Å². The topological polar surface area (TPSA) is 27.3 Å². The highest BCUT2D eigenvalue weighted by Gasteiger charge is 2.25. The number of para-hydroxylation sites is 2. The minimum absolute atomic E-state index is 0.290. The van der Waals surface area contributed by atoms with Crippen LogP contribution in [0.5, 0.6) is 5.75 Å². The van der Waals surface area contributed by atoms with Crippen molar-refractivity contribution >= 4 is 50.1 Å². The summed E-state index contributed by atoms with van der Waals surface area (Å²) in [6.45, 7) is 0. The molecule has 3 heteroatoms. The van der Waals surface area contributed by atoms with Crippen LogP contribution in [0, 0.1) is 0 Å². The number of fused-ring (bicyclic) bond motifs is 6. The largest absolute Gasteiger partial charge is 0.497 e. The number of furan rings is 1. The molecule has 0 bridgehead atoms. The van der Waals surface area contributed by atoms with Gasteiger partial charge in [0.1, 0.15) is 11.3 Å². The number of hydrogen-bond acceptors (Lipinski definition) is 2. The quantitative estimate of drug-likeness (QED) is 0.138. The lowest BCUT2D eigenvalue weighted by atomic mass is 9.84. The van der Waals surface area contributed by atoms with E-state index >= 15 is 0 Å². The van der Waals surface area contributed by atoms with Gasteiger partial charge >= 0.3 is 0 Å². The Bertz CT molecular complexity index is 3140. The SMILES string of the molecule is COc1ccc2c(c1)c1c(n2-c2cccc3c2oc2ccccc23)CCC(c2ccc(CCC(c3ccc(C4=CC=CCC4)cc3)c3ccc(-c4ccccc4)cc3)cc2)=C1. The molecule has 0 radical (unpaired) electrons. The van der Waals surface area contributed by atoms with Crippen LogP contribution in [0.15, 0.2) is 186 Å². The number of methoxy groups -OCH3 is 1. The summed E-state index contributed by atoms with van der Waals surface area (Å²) in [7, 11) is 1.75. The predicted molar refractivity (Wildman–Crippen MR) is 255 cm³/mol. The normalized spacial score (nSPS) is 14.2. The maximum absolute atomic E-state index is 6.56. The minimum Gasteiger partial charge on any atom is -0.497 e. The van der Waals surface area contributed by atoms with Crippen LogP contribution in [-0.2, 0) is 12.8 Å². The van der Waals surface area contributed by atoms with Crippen LogP contribution in [0.3, 0.4) is 0 Å². The zero-order chi connectivity index (χ0) is 40.7. The fraction of sp³-hybridized carbons (Fsp3) is 0.138. The highest BCUT2D eigenvalue weighted by atomic mass is 16.5. The Morgan fingerprint density at radius 3 is 2.08 bits per heavy atom. The smallest absolute Gasteiger partial charge is 0.159 e. The summed E-state index contributed by atoms with van der Waals surface area (Å²) < 4.78 is 14.7. The molecule has 2 aliphatic rings. The Kier molecular flexibility index (Phi) is 9.58. The van der Waals surface area contributed by atoms with Gasteiger partial charge in [0.25, 0.3) is 0 Å². The van der Waals surface area contributed by atoms with Crippen LogP contribution in [0.25, 0.3) is 66.9 Å². The van der Waals surface area contributed by atoms with E-state index < -0.39 is 0 Å². The van der Waals surface area contributed by atoms with E-state index in [1.165, 1.54) is 66.7 Å². The summed E-state index contributed by atoms with van der Waals surface area (Å²) in [5.74, 6) is 1.15. The van der Waals surface area contributed by atoms with Crippen LogP contribution >= 0.6 is 0 Å². The molecule has 0 N–H and O–H groups in total. The minimum atomic E-state index is 0.290. The van der Waals surface area contributed by atoms with Crippen molar-refractivity contribution in [3.8, 4) is 22.6 Å². The highest BCUT2D eigenvalue weighted by molar-refractivity contribution is 6.08. The number of rotatable bonds is 10. The lowest BCUT2D eigenvalue weighted by Gasteiger charge is -2.20. The van der Waals surface area contributed by atoms with Gasteiger partial charge in [0.15, 0.2) is 5.58 Å². The Labute approximate surface area is 357 Å². The van der Waals surface area contributed by atoms with Gasteiger partial charge < -0.3 is 13.7 Å². The molecule has 0 saturated heterocycles. The van der Waals surface area contributed by atoms with Crippen molar-refractivity contribution < 1.29 is 9.15 Å². The summed E-state index contributed by atoms with van der Waals surface area (Å²) in [5, 5.41) is 3.48. The van der Waals surface area contributed by atoms with Crippen molar-refractivity contribution in [3.63, 3.8) is 0 Å². The monoisotopic (exact) mass is 789 g/mol. The molecule has 2 aliphatic carbocycles. The summed E-state index contributed by atoms with van der Waals surface area (Å²) in [4.78, 5) is 0. The fourth-order valence-corrected chi connectivity index (χ4v) is 9.83. The van der Waals surface area contributed by atoms with E-state index in [0.29, 0.717) is 0 Å². The van der Waals surface area contributed by atoms with E-state index in [0.717, 1.165) is 77.4 Å². The summed E-state index contributed by atoms with van der Waals surface area (Å²) in [6.07, 6.45) is 15.3. The second-order valence-corrected chi connectivity index (χ2v) is 16.6. The molecule has 1 unspecified atom stereocenters. The first-order chi connectivity index (χ1) is 30.2. The van der Waals surface area contributed by atoms with Crippen LogP contribution in [0.1, 0.15) is 70.7 Å². The zero-order valence-electron chi connectivity index (χ0n) is 34.5. The average Bonchev–Trinajstić information content (AvgIpc) is 3.88. The average molecular weight is 790 g/mol. The molecule has 296 valence electrons. The second-order valence-electron chi connectivity index (χ2n) is 16.6. The molecule has 9 aromatic rings. The van der Waals surface area contributed by atoms with E-state index in [1.54, 1.807) is 7.11 Å². The molecule has 0 spiro atoms. The number of nitrogens with zero attached hydrogens (tertiary/aromatic N) is 1. The van der Waals surface area contributed by atoms with Crippen molar-refractivity contribution in [2.45, 2.75) is 44.4 Å². The zero-order valence-corrected chi connectivity index (χ0v) is 34.5. The van der Waals surface area contributed by atoms with Crippen LogP contribution < -0.4 is 4.74 Å². The first-order valence-electron chi connectivity index (χ1n) is 21.7. The van der Waals surface area contributed by atoms with Crippen molar-refractivity contribution in [2.75, 3.05) is 7.11 Å². The standard InChI is InChI=1S/C58H47NO2/c1-60-48-33-36-55-53(38-48)52-37-47(32-35-54(52)59(55)56-17-10-16-51-50-15-8-9-18-57(50)61-58(51)56)44-22-19-39(20-23-44)21-34-49(45-28-24-42(25-29-45)40-11-4-2-5-12-40)46-30-26-43(27-31-46)41-13-6-3-7-14-41/h2-6,8-13,15-20,22-31,33,36-38,49H,7,14,21,32,34-35H2,1H3. The van der Waals surface area contributed by atoms with Crippen LogP contribution in [0.2, 0.25) is 0 Å². The number of allylic oxidation sites excluding steroid dienone is 5. The van der Waals surface area contributed by atoms with Gasteiger partial charge in [0.2, 0.25) is 0 Å². The third-order valence-electron chi connectivity index (χ3n) is 13.1. The van der Waals surface area contributed by atoms with Crippen LogP contribution in [-0.4, -0.2) is 11.7 Å². The van der Waals surface area contributed by atoms with Gasteiger partial charge in [-0.25, -0.2) is 0 Å². The maximum Gasteiger partial charge on any atom is 0.159 e. The van der Waals surface area contributed by atoms with Gasteiger partial charge in [0, 0.05) is 33.3 Å². The lowest BCUT2D eigenvalue weighted by Crippen LogP contribution is -2.06. The molecule has 0 aliphatic heterocycles. The molecule has 3 nitrogen and oxygen atoms in total.